The lowest BCUT2D eigenvalue weighted by Crippen LogP contribution is -2.27. The molecule has 2 rings (SSSR count). The van der Waals surface area contributed by atoms with Gasteiger partial charge in [-0.1, -0.05) is 6.07 Å². The van der Waals surface area contributed by atoms with E-state index in [1.807, 2.05) is 19.9 Å². The van der Waals surface area contributed by atoms with Crippen molar-refractivity contribution in [1.82, 2.24) is 19.5 Å². The molecule has 0 bridgehead atoms. The SMILES string of the molecule is Cc1cc(C)cc(S(=O)(=O)N(C)Cc2ncn[nH]2)c1. The van der Waals surface area contributed by atoms with Crippen molar-refractivity contribution < 1.29 is 8.42 Å². The van der Waals surface area contributed by atoms with Gasteiger partial charge in [-0.2, -0.15) is 9.40 Å². The van der Waals surface area contributed by atoms with E-state index in [4.69, 9.17) is 0 Å². The number of nitrogens with zero attached hydrogens (tertiary/aromatic N) is 3. The van der Waals surface area contributed by atoms with E-state index in [2.05, 4.69) is 15.2 Å². The molecule has 0 fully saturated rings. The highest BCUT2D eigenvalue weighted by atomic mass is 32.2. The molecule has 0 amide bonds. The monoisotopic (exact) mass is 280 g/mol. The molecule has 102 valence electrons. The minimum absolute atomic E-state index is 0.162. The highest BCUT2D eigenvalue weighted by Gasteiger charge is 2.22. The Labute approximate surface area is 112 Å². The predicted molar refractivity (Wildman–Crippen MR) is 71.0 cm³/mol. The fraction of sp³-hybridized carbons (Fsp3) is 0.333. The zero-order valence-electron chi connectivity index (χ0n) is 11.1. The van der Waals surface area contributed by atoms with Crippen LogP contribution in [0.3, 0.4) is 0 Å². The maximum atomic E-state index is 12.4. The third kappa shape index (κ3) is 2.99. The molecule has 1 N–H and O–H groups in total. The number of benzene rings is 1. The standard InChI is InChI=1S/C12H16N4O2S/c1-9-4-10(2)6-11(5-9)19(17,18)16(3)7-12-13-8-14-15-12/h4-6,8H,7H2,1-3H3,(H,13,14,15). The molecule has 7 heteroatoms. The molecule has 0 atom stereocenters. The molecule has 1 heterocycles. The maximum Gasteiger partial charge on any atom is 0.243 e. The van der Waals surface area contributed by atoms with Gasteiger partial charge in [0.2, 0.25) is 10.0 Å². The summed E-state index contributed by atoms with van der Waals surface area (Å²) >= 11 is 0. The molecule has 0 saturated carbocycles. The van der Waals surface area contributed by atoms with E-state index in [1.165, 1.54) is 17.7 Å². The molecule has 6 nitrogen and oxygen atoms in total. The fourth-order valence-electron chi connectivity index (χ4n) is 1.86. The molecule has 0 unspecified atom stereocenters. The van der Waals surface area contributed by atoms with E-state index >= 15 is 0 Å². The maximum absolute atomic E-state index is 12.4. The van der Waals surface area contributed by atoms with Crippen LogP contribution in [0.4, 0.5) is 0 Å². The number of rotatable bonds is 4. The smallest absolute Gasteiger partial charge is 0.243 e. The number of sulfonamides is 1. The molecule has 0 aliphatic rings. The number of H-pyrrole nitrogens is 1. The van der Waals surface area contributed by atoms with Gasteiger partial charge in [-0.25, -0.2) is 13.4 Å². The summed E-state index contributed by atoms with van der Waals surface area (Å²) in [6, 6.07) is 5.27. The quantitative estimate of drug-likeness (QED) is 0.914. The van der Waals surface area contributed by atoms with Gasteiger partial charge in [0.25, 0.3) is 0 Å². The zero-order chi connectivity index (χ0) is 14.0. The predicted octanol–water partition coefficient (Wildman–Crippen LogP) is 1.24. The van der Waals surface area contributed by atoms with Gasteiger partial charge in [0.1, 0.15) is 12.2 Å². The second-order valence-electron chi connectivity index (χ2n) is 4.52. The number of aromatic nitrogens is 3. The van der Waals surface area contributed by atoms with E-state index in [0.29, 0.717) is 10.7 Å². The highest BCUT2D eigenvalue weighted by Crippen LogP contribution is 2.18. The minimum atomic E-state index is -3.51. The molecule has 0 saturated heterocycles. The largest absolute Gasteiger partial charge is 0.262 e. The molecule has 19 heavy (non-hydrogen) atoms. The molecule has 0 spiro atoms. The van der Waals surface area contributed by atoms with E-state index in [-0.39, 0.29) is 6.54 Å². The van der Waals surface area contributed by atoms with Crippen molar-refractivity contribution in [1.29, 1.82) is 0 Å². The molecule has 1 aromatic carbocycles. The molecule has 0 aliphatic carbocycles. The Balaban J connectivity index is 2.31. The first-order chi connectivity index (χ1) is 8.89. The average molecular weight is 280 g/mol. The van der Waals surface area contributed by atoms with Gasteiger partial charge in [-0.3, -0.25) is 5.10 Å². The van der Waals surface area contributed by atoms with Gasteiger partial charge >= 0.3 is 0 Å². The Morgan fingerprint density at radius 2 is 1.84 bits per heavy atom. The second kappa shape index (κ2) is 5.10. The number of hydrogen-bond acceptors (Lipinski definition) is 4. The van der Waals surface area contributed by atoms with Crippen molar-refractivity contribution in [2.24, 2.45) is 0 Å². The van der Waals surface area contributed by atoms with E-state index in [9.17, 15) is 8.42 Å². The first-order valence-electron chi connectivity index (χ1n) is 5.78. The molecule has 0 aliphatic heterocycles. The van der Waals surface area contributed by atoms with Crippen LogP contribution in [0, 0.1) is 13.8 Å². The van der Waals surface area contributed by atoms with Gasteiger partial charge < -0.3 is 0 Å². The zero-order valence-corrected chi connectivity index (χ0v) is 11.9. The number of aryl methyl sites for hydroxylation is 2. The van der Waals surface area contributed by atoms with Crippen molar-refractivity contribution in [2.75, 3.05) is 7.05 Å². The Morgan fingerprint density at radius 3 is 2.37 bits per heavy atom. The van der Waals surface area contributed by atoms with Gasteiger partial charge in [0.15, 0.2) is 0 Å². The van der Waals surface area contributed by atoms with Gasteiger partial charge in [0.05, 0.1) is 11.4 Å². The highest BCUT2D eigenvalue weighted by molar-refractivity contribution is 7.89. The summed E-state index contributed by atoms with van der Waals surface area (Å²) in [4.78, 5) is 4.22. The number of nitrogens with one attached hydrogen (secondary N) is 1. The molecule has 2 aromatic rings. The van der Waals surface area contributed by atoms with Crippen LogP contribution < -0.4 is 0 Å². The van der Waals surface area contributed by atoms with Crippen molar-refractivity contribution in [3.8, 4) is 0 Å². The first kappa shape index (κ1) is 13.7. The minimum Gasteiger partial charge on any atom is -0.262 e. The number of hydrogen-bond donors (Lipinski definition) is 1. The Morgan fingerprint density at radius 1 is 1.21 bits per heavy atom. The Kier molecular flexibility index (Phi) is 3.68. The van der Waals surface area contributed by atoms with Crippen molar-refractivity contribution in [3.63, 3.8) is 0 Å². The summed E-state index contributed by atoms with van der Waals surface area (Å²) in [5.41, 5.74) is 1.85. The molecule has 1 aromatic heterocycles. The molecular weight excluding hydrogens is 264 g/mol. The summed E-state index contributed by atoms with van der Waals surface area (Å²) in [5, 5.41) is 6.35. The van der Waals surface area contributed by atoms with Crippen molar-refractivity contribution >= 4 is 10.0 Å². The van der Waals surface area contributed by atoms with E-state index in [0.717, 1.165) is 11.1 Å². The van der Waals surface area contributed by atoms with Crippen LogP contribution in [-0.4, -0.2) is 35.0 Å². The fourth-order valence-corrected chi connectivity index (χ4v) is 3.19. The lowest BCUT2D eigenvalue weighted by atomic mass is 10.2. The van der Waals surface area contributed by atoms with Gasteiger partial charge in [-0.05, 0) is 37.1 Å². The average Bonchev–Trinajstić information content (AvgIpc) is 2.80. The normalized spacial score (nSPS) is 12.0. The third-order valence-corrected chi connectivity index (χ3v) is 4.52. The first-order valence-corrected chi connectivity index (χ1v) is 7.22. The van der Waals surface area contributed by atoms with Crippen LogP contribution >= 0.6 is 0 Å². The van der Waals surface area contributed by atoms with Crippen molar-refractivity contribution in [3.05, 3.63) is 41.5 Å². The summed E-state index contributed by atoms with van der Waals surface area (Å²) in [7, 11) is -1.99. The summed E-state index contributed by atoms with van der Waals surface area (Å²) < 4.78 is 26.1. The third-order valence-electron chi connectivity index (χ3n) is 2.74. The van der Waals surface area contributed by atoms with E-state index in [1.54, 1.807) is 12.1 Å². The van der Waals surface area contributed by atoms with Crippen LogP contribution in [-0.2, 0) is 16.6 Å². The van der Waals surface area contributed by atoms with Crippen LogP contribution in [0.1, 0.15) is 17.0 Å². The topological polar surface area (TPSA) is 79.0 Å². The summed E-state index contributed by atoms with van der Waals surface area (Å²) in [6.07, 6.45) is 1.35. The number of aromatic amines is 1. The van der Waals surface area contributed by atoms with Gasteiger partial charge in [0, 0.05) is 7.05 Å². The Bertz CT molecular complexity index is 645. The van der Waals surface area contributed by atoms with Crippen LogP contribution in [0.5, 0.6) is 0 Å². The lowest BCUT2D eigenvalue weighted by Gasteiger charge is -2.16. The lowest BCUT2D eigenvalue weighted by molar-refractivity contribution is 0.457. The summed E-state index contributed by atoms with van der Waals surface area (Å²) in [6.45, 7) is 3.92. The molecule has 0 radical (unpaired) electrons. The summed E-state index contributed by atoms with van der Waals surface area (Å²) in [5.74, 6) is 0.510. The van der Waals surface area contributed by atoms with E-state index < -0.39 is 10.0 Å². The van der Waals surface area contributed by atoms with Crippen LogP contribution in [0.15, 0.2) is 29.4 Å². The Hall–Kier alpha value is -1.73. The van der Waals surface area contributed by atoms with Crippen molar-refractivity contribution in [2.45, 2.75) is 25.3 Å². The van der Waals surface area contributed by atoms with Crippen LogP contribution in [0.2, 0.25) is 0 Å². The van der Waals surface area contributed by atoms with Gasteiger partial charge in [-0.15, -0.1) is 0 Å². The molecular formula is C12H16N4O2S. The van der Waals surface area contributed by atoms with Crippen LogP contribution in [0.25, 0.3) is 0 Å². The second-order valence-corrected chi connectivity index (χ2v) is 6.56.